The molecule has 0 amide bonds. The van der Waals surface area contributed by atoms with Crippen molar-refractivity contribution in [3.63, 3.8) is 0 Å². The molecule has 0 aromatic heterocycles. The van der Waals surface area contributed by atoms with Gasteiger partial charge in [0.25, 0.3) is 0 Å². The fourth-order valence-electron chi connectivity index (χ4n) is 1.17. The zero-order chi connectivity index (χ0) is 10.6. The summed E-state index contributed by atoms with van der Waals surface area (Å²) in [7, 11) is 0. The van der Waals surface area contributed by atoms with Crippen molar-refractivity contribution in [3.8, 4) is 0 Å². The van der Waals surface area contributed by atoms with Crippen molar-refractivity contribution in [1.82, 2.24) is 0 Å². The average molecular weight is 274 g/mol. The van der Waals surface area contributed by atoms with Gasteiger partial charge in [-0.2, -0.15) is 0 Å². The van der Waals surface area contributed by atoms with Crippen molar-refractivity contribution in [2.24, 2.45) is 5.92 Å². The monoisotopic (exact) mass is 272 g/mol. The van der Waals surface area contributed by atoms with Crippen LogP contribution in [-0.2, 0) is 0 Å². The van der Waals surface area contributed by atoms with Gasteiger partial charge in [-0.05, 0) is 23.6 Å². The topological polar surface area (TPSA) is 0 Å². The smallest absolute Gasteiger partial charge is 0.0411 e. The molecule has 0 saturated heterocycles. The van der Waals surface area contributed by atoms with Gasteiger partial charge in [-0.3, -0.25) is 0 Å². The summed E-state index contributed by atoms with van der Waals surface area (Å²) in [5, 5.41) is 1.70. The van der Waals surface area contributed by atoms with Crippen LogP contribution in [0.4, 0.5) is 0 Å². The molecule has 1 aromatic carbocycles. The highest BCUT2D eigenvalue weighted by Crippen LogP contribution is 2.19. The van der Waals surface area contributed by atoms with Crippen LogP contribution in [0.5, 0.6) is 0 Å². The van der Waals surface area contributed by atoms with Crippen LogP contribution in [0.25, 0.3) is 6.08 Å². The molecule has 76 valence electrons. The number of hydrogen-bond donors (Lipinski definition) is 0. The van der Waals surface area contributed by atoms with E-state index in [9.17, 15) is 0 Å². The summed E-state index contributed by atoms with van der Waals surface area (Å²) in [6.45, 7) is 4.38. The van der Waals surface area contributed by atoms with Crippen molar-refractivity contribution in [1.29, 1.82) is 0 Å². The average Bonchev–Trinajstić information content (AvgIpc) is 2.14. The van der Waals surface area contributed by atoms with Crippen molar-refractivity contribution in [2.45, 2.75) is 13.8 Å². The van der Waals surface area contributed by atoms with E-state index in [1.807, 2.05) is 18.2 Å². The summed E-state index contributed by atoms with van der Waals surface area (Å²) in [5.74, 6) is 0.563. The number of allylic oxidation sites excluding steroid dienone is 1. The third kappa shape index (κ3) is 3.47. The van der Waals surface area contributed by atoms with Crippen LogP contribution < -0.4 is 0 Å². The van der Waals surface area contributed by atoms with Crippen LogP contribution in [0.2, 0.25) is 5.02 Å². The normalized spacial score (nSPS) is 12.2. The summed E-state index contributed by atoms with van der Waals surface area (Å²) in [4.78, 5) is 0. The first-order chi connectivity index (χ1) is 6.63. The molecule has 0 aliphatic heterocycles. The largest absolute Gasteiger partial charge is 0.0880 e. The van der Waals surface area contributed by atoms with Gasteiger partial charge in [-0.1, -0.05) is 65.2 Å². The van der Waals surface area contributed by atoms with E-state index < -0.39 is 0 Å². The standard InChI is InChI=1S/C12H14BrCl/c1-9(2)11(8-13)6-10-4-3-5-12(14)7-10/h3-7,9H,8H2,1-2H3. The molecule has 0 heterocycles. The van der Waals surface area contributed by atoms with Crippen LogP contribution >= 0.6 is 27.5 Å². The predicted octanol–water partition coefficient (Wildman–Crippen LogP) is 4.77. The van der Waals surface area contributed by atoms with Crippen LogP contribution in [-0.4, -0.2) is 5.33 Å². The number of alkyl halides is 1. The van der Waals surface area contributed by atoms with Gasteiger partial charge in [-0.15, -0.1) is 0 Å². The molecular weight excluding hydrogens is 259 g/mol. The molecule has 0 fully saturated rings. The number of rotatable bonds is 3. The SMILES string of the molecule is CC(C)C(=Cc1cccc(Cl)c1)CBr. The second-order valence-corrected chi connectivity index (χ2v) is 4.56. The third-order valence-corrected chi connectivity index (χ3v) is 2.98. The minimum absolute atomic E-state index is 0.563. The fourth-order valence-corrected chi connectivity index (χ4v) is 2.18. The lowest BCUT2D eigenvalue weighted by Gasteiger charge is -2.07. The Bertz CT molecular complexity index is 329. The Morgan fingerprint density at radius 3 is 2.71 bits per heavy atom. The lowest BCUT2D eigenvalue weighted by atomic mass is 10.0. The number of benzene rings is 1. The van der Waals surface area contributed by atoms with Crippen molar-refractivity contribution in [3.05, 3.63) is 40.4 Å². The molecule has 0 nitrogen and oxygen atoms in total. The Morgan fingerprint density at radius 1 is 1.50 bits per heavy atom. The molecule has 0 radical (unpaired) electrons. The summed E-state index contributed by atoms with van der Waals surface area (Å²) in [6, 6.07) is 7.91. The Hall–Kier alpha value is -0.270. The molecule has 0 bridgehead atoms. The van der Waals surface area contributed by atoms with E-state index in [0.29, 0.717) is 5.92 Å². The molecule has 2 heteroatoms. The number of halogens is 2. The molecule has 0 N–H and O–H groups in total. The Balaban J connectivity index is 2.94. The van der Waals surface area contributed by atoms with E-state index >= 15 is 0 Å². The van der Waals surface area contributed by atoms with E-state index in [4.69, 9.17) is 11.6 Å². The maximum atomic E-state index is 5.91. The molecular formula is C12H14BrCl. The van der Waals surface area contributed by atoms with Crippen molar-refractivity contribution in [2.75, 3.05) is 5.33 Å². The Labute approximate surface area is 99.1 Å². The molecule has 0 aliphatic carbocycles. The summed E-state index contributed by atoms with van der Waals surface area (Å²) in [5.41, 5.74) is 2.55. The van der Waals surface area contributed by atoms with Gasteiger partial charge in [-0.25, -0.2) is 0 Å². The first-order valence-corrected chi connectivity index (χ1v) is 6.15. The highest BCUT2D eigenvalue weighted by molar-refractivity contribution is 9.09. The quantitative estimate of drug-likeness (QED) is 0.696. The second kappa shape index (κ2) is 5.57. The minimum atomic E-state index is 0.563. The molecule has 0 atom stereocenters. The lowest BCUT2D eigenvalue weighted by molar-refractivity contribution is 0.781. The Kier molecular flexibility index (Phi) is 4.70. The van der Waals surface area contributed by atoms with E-state index in [2.05, 4.69) is 41.9 Å². The van der Waals surface area contributed by atoms with Crippen LogP contribution in [0.15, 0.2) is 29.8 Å². The molecule has 0 unspecified atom stereocenters. The summed E-state index contributed by atoms with van der Waals surface area (Å²) < 4.78 is 0. The lowest BCUT2D eigenvalue weighted by Crippen LogP contribution is -1.94. The first-order valence-electron chi connectivity index (χ1n) is 4.65. The molecule has 0 saturated carbocycles. The maximum absolute atomic E-state index is 5.91. The van der Waals surface area contributed by atoms with Crippen LogP contribution in [0.3, 0.4) is 0 Å². The Morgan fingerprint density at radius 2 is 2.21 bits per heavy atom. The molecule has 0 aliphatic rings. The molecule has 1 rings (SSSR count). The highest BCUT2D eigenvalue weighted by atomic mass is 79.9. The van der Waals surface area contributed by atoms with Gasteiger partial charge in [0.05, 0.1) is 0 Å². The number of hydrogen-bond acceptors (Lipinski definition) is 0. The van der Waals surface area contributed by atoms with E-state index in [0.717, 1.165) is 10.4 Å². The first kappa shape index (κ1) is 11.8. The zero-order valence-corrected chi connectivity index (χ0v) is 10.8. The van der Waals surface area contributed by atoms with Gasteiger partial charge in [0, 0.05) is 10.4 Å². The van der Waals surface area contributed by atoms with E-state index in [1.54, 1.807) is 0 Å². The van der Waals surface area contributed by atoms with E-state index in [-0.39, 0.29) is 0 Å². The van der Waals surface area contributed by atoms with Crippen molar-refractivity contribution >= 4 is 33.6 Å². The predicted molar refractivity (Wildman–Crippen MR) is 68.1 cm³/mol. The highest BCUT2D eigenvalue weighted by Gasteiger charge is 2.01. The summed E-state index contributed by atoms with van der Waals surface area (Å²) >= 11 is 9.40. The van der Waals surface area contributed by atoms with Crippen molar-refractivity contribution < 1.29 is 0 Å². The summed E-state index contributed by atoms with van der Waals surface area (Å²) in [6.07, 6.45) is 2.19. The van der Waals surface area contributed by atoms with Gasteiger partial charge in [0.15, 0.2) is 0 Å². The van der Waals surface area contributed by atoms with Gasteiger partial charge < -0.3 is 0 Å². The van der Waals surface area contributed by atoms with Gasteiger partial charge in [0.2, 0.25) is 0 Å². The second-order valence-electron chi connectivity index (χ2n) is 3.56. The molecule has 0 spiro atoms. The van der Waals surface area contributed by atoms with E-state index in [1.165, 1.54) is 11.1 Å². The maximum Gasteiger partial charge on any atom is 0.0411 e. The zero-order valence-electron chi connectivity index (χ0n) is 8.43. The van der Waals surface area contributed by atoms with Gasteiger partial charge >= 0.3 is 0 Å². The third-order valence-electron chi connectivity index (χ3n) is 2.10. The molecule has 1 aromatic rings. The van der Waals surface area contributed by atoms with Crippen LogP contribution in [0, 0.1) is 5.92 Å². The van der Waals surface area contributed by atoms with Gasteiger partial charge in [0.1, 0.15) is 0 Å². The fraction of sp³-hybridized carbons (Fsp3) is 0.333. The minimum Gasteiger partial charge on any atom is -0.0880 e. The molecule has 14 heavy (non-hydrogen) atoms. The van der Waals surface area contributed by atoms with Crippen LogP contribution in [0.1, 0.15) is 19.4 Å².